The molecule has 12 atom stereocenters. The second-order valence-electron chi connectivity index (χ2n) is 12.9. The zero-order valence-electron chi connectivity index (χ0n) is 21.2. The topological polar surface area (TPSA) is 98.0 Å². The molecule has 4 saturated carbocycles. The molecule has 0 radical (unpaired) electrons. The Kier molecular flexibility index (Phi) is 6.83. The smallest absolute Gasteiger partial charge is 0.310 e. The molecule has 0 bridgehead atoms. The Bertz CT molecular complexity index is 763. The first-order chi connectivity index (χ1) is 15.4. The number of aliphatic carboxylic acids is 1. The number of hydrogen-bond donors (Lipinski definition) is 4. The molecule has 0 aromatic carbocycles. The highest BCUT2D eigenvalue weighted by Crippen LogP contribution is 2.68. The molecule has 4 aliphatic carbocycles. The lowest BCUT2D eigenvalue weighted by Crippen LogP contribution is -2.62. The van der Waals surface area contributed by atoms with Crippen molar-refractivity contribution in [2.24, 2.45) is 58.2 Å². The summed E-state index contributed by atoms with van der Waals surface area (Å²) in [5, 5.41) is 42.8. The molecule has 4 rings (SSSR count). The number of aliphatic hydroxyl groups excluding tert-OH is 3. The average Bonchev–Trinajstić information content (AvgIpc) is 3.08. The van der Waals surface area contributed by atoms with Crippen molar-refractivity contribution in [1.82, 2.24) is 0 Å². The van der Waals surface area contributed by atoms with Crippen molar-refractivity contribution >= 4 is 5.97 Å². The summed E-state index contributed by atoms with van der Waals surface area (Å²) in [5.41, 5.74) is -0.180. The lowest BCUT2D eigenvalue weighted by atomic mass is 9.43. The third-order valence-electron chi connectivity index (χ3n) is 11.1. The summed E-state index contributed by atoms with van der Waals surface area (Å²) in [6.45, 7) is 10.6. The molecule has 5 nitrogen and oxygen atoms in total. The largest absolute Gasteiger partial charge is 0.481 e. The number of fused-ring (bicyclic) bond motifs is 5. The van der Waals surface area contributed by atoms with Crippen LogP contribution in [0.3, 0.4) is 0 Å². The highest BCUT2D eigenvalue weighted by molar-refractivity contribution is 5.72. The van der Waals surface area contributed by atoms with Gasteiger partial charge in [0, 0.05) is 5.41 Å². The fourth-order valence-corrected chi connectivity index (χ4v) is 9.08. The van der Waals surface area contributed by atoms with E-state index in [2.05, 4.69) is 26.8 Å². The van der Waals surface area contributed by atoms with Crippen molar-refractivity contribution in [3.63, 3.8) is 0 Å². The van der Waals surface area contributed by atoms with Crippen LogP contribution in [0.4, 0.5) is 0 Å². The van der Waals surface area contributed by atoms with E-state index in [0.29, 0.717) is 11.8 Å². The van der Waals surface area contributed by atoms with E-state index in [-0.39, 0.29) is 52.6 Å². The Labute approximate surface area is 199 Å². The summed E-state index contributed by atoms with van der Waals surface area (Å²) in [6, 6.07) is 0. The summed E-state index contributed by atoms with van der Waals surface area (Å²) >= 11 is 0. The van der Waals surface area contributed by atoms with Gasteiger partial charge in [0.05, 0.1) is 24.2 Å². The van der Waals surface area contributed by atoms with Gasteiger partial charge in [-0.15, -0.1) is 0 Å². The first-order valence-corrected chi connectivity index (χ1v) is 13.4. The maximum absolute atomic E-state index is 11.6. The minimum absolute atomic E-state index is 0.0407. The predicted molar refractivity (Wildman–Crippen MR) is 128 cm³/mol. The lowest BCUT2D eigenvalue weighted by molar-refractivity contribution is -0.206. The Morgan fingerprint density at radius 2 is 1.64 bits per heavy atom. The van der Waals surface area contributed by atoms with Gasteiger partial charge >= 0.3 is 5.97 Å². The minimum atomic E-state index is -0.782. The van der Waals surface area contributed by atoms with Crippen molar-refractivity contribution in [2.75, 3.05) is 0 Å². The number of allylic oxidation sites excluding steroid dienone is 1. The van der Waals surface area contributed by atoms with Crippen molar-refractivity contribution in [2.45, 2.75) is 97.9 Å². The molecule has 4 aliphatic rings. The first kappa shape index (κ1) is 25.2. The van der Waals surface area contributed by atoms with Crippen molar-refractivity contribution < 1.29 is 25.2 Å². The number of carboxylic acid groups (broad SMARTS) is 1. The molecular formula is C28H46O5. The molecule has 0 aliphatic heterocycles. The van der Waals surface area contributed by atoms with Crippen LogP contribution < -0.4 is 0 Å². The van der Waals surface area contributed by atoms with Crippen LogP contribution in [0.15, 0.2) is 12.2 Å². The van der Waals surface area contributed by atoms with E-state index in [1.54, 1.807) is 0 Å². The SMILES string of the molecule is CC(C)C(C=CC(C)C1CCC2C3C(O)CC4CC(O)CCC4(C)C3CC(O)C12C)C(=O)O. The second kappa shape index (κ2) is 8.95. The third kappa shape index (κ3) is 4.00. The molecular weight excluding hydrogens is 416 g/mol. The Balaban J connectivity index is 1.59. The molecule has 5 heteroatoms. The van der Waals surface area contributed by atoms with Crippen molar-refractivity contribution in [3.8, 4) is 0 Å². The quantitative estimate of drug-likeness (QED) is 0.451. The van der Waals surface area contributed by atoms with Gasteiger partial charge in [0.2, 0.25) is 0 Å². The van der Waals surface area contributed by atoms with Crippen molar-refractivity contribution in [3.05, 3.63) is 12.2 Å². The summed E-state index contributed by atoms with van der Waals surface area (Å²) in [7, 11) is 0. The van der Waals surface area contributed by atoms with Crippen LogP contribution in [0.5, 0.6) is 0 Å². The maximum atomic E-state index is 11.6. The van der Waals surface area contributed by atoms with E-state index >= 15 is 0 Å². The van der Waals surface area contributed by atoms with E-state index in [9.17, 15) is 25.2 Å². The van der Waals surface area contributed by atoms with Gasteiger partial charge in [-0.3, -0.25) is 4.79 Å². The van der Waals surface area contributed by atoms with Crippen LogP contribution in [0.2, 0.25) is 0 Å². The summed E-state index contributed by atoms with van der Waals surface area (Å²) in [6.07, 6.45) is 9.03. The van der Waals surface area contributed by atoms with Gasteiger partial charge in [-0.1, -0.05) is 46.8 Å². The zero-order chi connectivity index (χ0) is 24.3. The maximum Gasteiger partial charge on any atom is 0.310 e. The van der Waals surface area contributed by atoms with Crippen LogP contribution in [-0.2, 0) is 4.79 Å². The van der Waals surface area contributed by atoms with Crippen LogP contribution in [0.25, 0.3) is 0 Å². The van der Waals surface area contributed by atoms with Gasteiger partial charge < -0.3 is 20.4 Å². The van der Waals surface area contributed by atoms with Gasteiger partial charge in [0.1, 0.15) is 0 Å². The summed E-state index contributed by atoms with van der Waals surface area (Å²) < 4.78 is 0. The Hall–Kier alpha value is -0.910. The van der Waals surface area contributed by atoms with E-state index < -0.39 is 18.0 Å². The molecule has 0 spiro atoms. The number of rotatable bonds is 5. The monoisotopic (exact) mass is 462 g/mol. The number of carboxylic acids is 1. The number of hydrogen-bond acceptors (Lipinski definition) is 4. The molecule has 4 N–H and O–H groups in total. The Morgan fingerprint density at radius 3 is 2.27 bits per heavy atom. The normalized spacial score (nSPS) is 49.4. The van der Waals surface area contributed by atoms with E-state index in [1.807, 2.05) is 19.9 Å². The number of aliphatic hydroxyl groups is 3. The molecule has 33 heavy (non-hydrogen) atoms. The van der Waals surface area contributed by atoms with Crippen LogP contribution in [0.1, 0.15) is 79.6 Å². The van der Waals surface area contributed by atoms with E-state index in [4.69, 9.17) is 0 Å². The molecule has 0 saturated heterocycles. The average molecular weight is 463 g/mol. The summed E-state index contributed by atoms with van der Waals surface area (Å²) in [5.74, 6) is 0.352. The second-order valence-corrected chi connectivity index (χ2v) is 12.9. The van der Waals surface area contributed by atoms with E-state index in [0.717, 1.165) is 44.9 Å². The van der Waals surface area contributed by atoms with Gasteiger partial charge in [0.25, 0.3) is 0 Å². The minimum Gasteiger partial charge on any atom is -0.481 e. The number of carbonyl (C=O) groups is 1. The fourth-order valence-electron chi connectivity index (χ4n) is 9.08. The van der Waals surface area contributed by atoms with Gasteiger partial charge in [-0.25, -0.2) is 0 Å². The standard InChI is InChI=1S/C28H46O5/c1-15(2)19(26(32)33)7-6-16(3)20-8-9-21-25-22(14-24(31)28(20,21)5)27(4)11-10-18(29)12-17(27)13-23(25)30/h6-7,15-25,29-31H,8-14H2,1-5H3,(H,32,33). The zero-order valence-corrected chi connectivity index (χ0v) is 21.2. The molecule has 4 fully saturated rings. The Morgan fingerprint density at radius 1 is 0.939 bits per heavy atom. The van der Waals surface area contributed by atoms with Gasteiger partial charge in [0.15, 0.2) is 0 Å². The molecule has 188 valence electrons. The third-order valence-corrected chi connectivity index (χ3v) is 11.1. The first-order valence-electron chi connectivity index (χ1n) is 13.4. The highest BCUT2D eigenvalue weighted by Gasteiger charge is 2.65. The molecule has 0 aromatic rings. The van der Waals surface area contributed by atoms with Gasteiger partial charge in [-0.2, -0.15) is 0 Å². The van der Waals surface area contributed by atoms with Gasteiger partial charge in [-0.05, 0) is 91.8 Å². The van der Waals surface area contributed by atoms with Crippen LogP contribution in [0, 0.1) is 58.2 Å². The highest BCUT2D eigenvalue weighted by atomic mass is 16.4. The molecule has 12 unspecified atom stereocenters. The molecule has 0 aromatic heterocycles. The summed E-state index contributed by atoms with van der Waals surface area (Å²) in [4.78, 5) is 11.6. The molecule has 0 amide bonds. The van der Waals surface area contributed by atoms with Crippen molar-refractivity contribution in [1.29, 1.82) is 0 Å². The predicted octanol–water partition coefficient (Wildman–Crippen LogP) is 4.50. The van der Waals surface area contributed by atoms with Crippen LogP contribution in [-0.4, -0.2) is 44.7 Å². The lowest BCUT2D eigenvalue weighted by Gasteiger charge is -2.63. The van der Waals surface area contributed by atoms with Crippen LogP contribution >= 0.6 is 0 Å². The fraction of sp³-hybridized carbons (Fsp3) is 0.893. The van der Waals surface area contributed by atoms with E-state index in [1.165, 1.54) is 0 Å². The molecule has 0 heterocycles.